The van der Waals surface area contributed by atoms with Gasteiger partial charge in [-0.3, -0.25) is 4.79 Å². The molecule has 0 amide bonds. The summed E-state index contributed by atoms with van der Waals surface area (Å²) in [4.78, 5) is 10.6. The molecule has 0 aromatic heterocycles. The third kappa shape index (κ3) is 6.36. The molecule has 6 nitrogen and oxygen atoms in total. The number of ether oxygens (including phenoxy) is 2. The van der Waals surface area contributed by atoms with Crippen LogP contribution in [0, 0.1) is 11.8 Å². The van der Waals surface area contributed by atoms with E-state index in [1.54, 1.807) is 0 Å². The van der Waals surface area contributed by atoms with E-state index in [4.69, 9.17) is 14.6 Å². The first-order chi connectivity index (χ1) is 15.4. The fourth-order valence-corrected chi connectivity index (χ4v) is 4.59. The number of aliphatic carboxylic acids is 1. The van der Waals surface area contributed by atoms with Crippen molar-refractivity contribution in [1.82, 2.24) is 0 Å². The number of allylic oxidation sites excluding steroid dienone is 2. The zero-order valence-corrected chi connectivity index (χ0v) is 18.9. The lowest BCUT2D eigenvalue weighted by Crippen LogP contribution is -2.36. The Morgan fingerprint density at radius 2 is 1.81 bits per heavy atom. The maximum absolute atomic E-state index is 10.6. The minimum Gasteiger partial charge on any atom is -0.481 e. The van der Waals surface area contributed by atoms with Crippen LogP contribution in [0.1, 0.15) is 64.7 Å². The fourth-order valence-electron chi connectivity index (χ4n) is 4.59. The Morgan fingerprint density at radius 1 is 1.09 bits per heavy atom. The summed E-state index contributed by atoms with van der Waals surface area (Å²) in [5, 5.41) is 29.8. The van der Waals surface area contributed by atoms with Crippen LogP contribution in [-0.2, 0) is 4.79 Å². The van der Waals surface area contributed by atoms with Crippen LogP contribution >= 0.6 is 0 Å². The number of hydrogen-bond acceptors (Lipinski definition) is 5. The standard InChI is InChI=1S/C26H36O6/c1-2-3-10-16-26(31-23-12-8-9-13-24(23)32-26)17-15-20-19(21(27)18-22(20)28)11-6-4-5-7-14-25(29)30/h4,6,8-9,12-13,15,17,19-22,27-28H,2-3,5,7,10-11,14,16,18H2,1H3,(H,29,30)/b6-4-,17-15+/t19-,20-,21+,22-/m1/s1. The molecule has 1 aliphatic heterocycles. The lowest BCUT2D eigenvalue weighted by molar-refractivity contribution is -0.137. The van der Waals surface area contributed by atoms with Crippen LogP contribution in [0.2, 0.25) is 0 Å². The molecule has 2 aliphatic rings. The van der Waals surface area contributed by atoms with E-state index in [-0.39, 0.29) is 18.3 Å². The van der Waals surface area contributed by atoms with Crippen LogP contribution < -0.4 is 9.47 Å². The summed E-state index contributed by atoms with van der Waals surface area (Å²) in [7, 11) is 0. The van der Waals surface area contributed by atoms with Gasteiger partial charge in [0.1, 0.15) is 0 Å². The second-order valence-corrected chi connectivity index (χ2v) is 8.88. The molecule has 6 heteroatoms. The van der Waals surface area contributed by atoms with Crippen molar-refractivity contribution in [2.45, 2.75) is 82.7 Å². The highest BCUT2D eigenvalue weighted by molar-refractivity contribution is 5.66. The van der Waals surface area contributed by atoms with Crippen molar-refractivity contribution in [2.75, 3.05) is 0 Å². The number of fused-ring (bicyclic) bond motifs is 1. The van der Waals surface area contributed by atoms with Gasteiger partial charge in [0.05, 0.1) is 12.2 Å². The molecule has 1 fully saturated rings. The minimum atomic E-state index is -0.886. The largest absolute Gasteiger partial charge is 0.481 e. The molecule has 3 N–H and O–H groups in total. The van der Waals surface area contributed by atoms with Gasteiger partial charge < -0.3 is 24.8 Å². The van der Waals surface area contributed by atoms with Crippen molar-refractivity contribution < 1.29 is 29.6 Å². The Kier molecular flexibility index (Phi) is 8.76. The van der Waals surface area contributed by atoms with Crippen molar-refractivity contribution in [3.63, 3.8) is 0 Å². The van der Waals surface area contributed by atoms with Gasteiger partial charge in [-0.2, -0.15) is 0 Å². The molecule has 0 unspecified atom stereocenters. The predicted molar refractivity (Wildman–Crippen MR) is 123 cm³/mol. The number of carboxylic acids is 1. The molecular formula is C26H36O6. The Balaban J connectivity index is 1.67. The number of carbonyl (C=O) groups is 1. The van der Waals surface area contributed by atoms with Gasteiger partial charge >= 0.3 is 5.97 Å². The van der Waals surface area contributed by atoms with Gasteiger partial charge in [0, 0.05) is 25.2 Å². The molecule has 32 heavy (non-hydrogen) atoms. The summed E-state index contributed by atoms with van der Waals surface area (Å²) in [6.07, 6.45) is 12.9. The smallest absolute Gasteiger partial charge is 0.303 e. The van der Waals surface area contributed by atoms with Crippen molar-refractivity contribution in [3.05, 3.63) is 48.6 Å². The predicted octanol–water partition coefficient (Wildman–Crippen LogP) is 4.85. The van der Waals surface area contributed by atoms with Gasteiger partial charge in [-0.25, -0.2) is 0 Å². The maximum Gasteiger partial charge on any atom is 0.303 e. The first kappa shape index (κ1) is 24.3. The van der Waals surface area contributed by atoms with E-state index in [0.717, 1.165) is 30.8 Å². The van der Waals surface area contributed by atoms with Crippen LogP contribution in [0.25, 0.3) is 0 Å². The number of rotatable bonds is 12. The first-order valence-corrected chi connectivity index (χ1v) is 11.8. The Morgan fingerprint density at radius 3 is 2.47 bits per heavy atom. The Hall–Kier alpha value is -2.31. The summed E-state index contributed by atoms with van der Waals surface area (Å²) < 4.78 is 12.5. The van der Waals surface area contributed by atoms with Gasteiger partial charge in [0.25, 0.3) is 5.79 Å². The van der Waals surface area contributed by atoms with Crippen molar-refractivity contribution in [2.24, 2.45) is 11.8 Å². The van der Waals surface area contributed by atoms with Crippen LogP contribution in [0.4, 0.5) is 0 Å². The molecule has 4 atom stereocenters. The van der Waals surface area contributed by atoms with Gasteiger partial charge in [-0.15, -0.1) is 0 Å². The monoisotopic (exact) mass is 444 g/mol. The summed E-state index contributed by atoms with van der Waals surface area (Å²) in [6.45, 7) is 2.16. The highest BCUT2D eigenvalue weighted by Crippen LogP contribution is 2.43. The zero-order chi connectivity index (χ0) is 23.0. The highest BCUT2D eigenvalue weighted by atomic mass is 16.7. The first-order valence-electron chi connectivity index (χ1n) is 11.8. The SMILES string of the molecule is CCCCCC1(/C=C/[C@@H]2[C@@H](C/C=C\CCCC(=O)O)[C@@H](O)C[C@H]2O)Oc2ccccc2O1. The summed E-state index contributed by atoms with van der Waals surface area (Å²) in [5.41, 5.74) is 0. The molecule has 0 spiro atoms. The molecule has 1 aliphatic carbocycles. The van der Waals surface area contributed by atoms with E-state index in [1.165, 1.54) is 0 Å². The third-order valence-corrected chi connectivity index (χ3v) is 6.37. The molecular weight excluding hydrogens is 408 g/mol. The number of carboxylic acid groups (broad SMARTS) is 1. The van der Waals surface area contributed by atoms with Crippen LogP contribution in [0.3, 0.4) is 0 Å². The van der Waals surface area contributed by atoms with Gasteiger partial charge in [0.15, 0.2) is 11.5 Å². The average Bonchev–Trinajstić information content (AvgIpc) is 3.25. The molecule has 1 aromatic rings. The van der Waals surface area contributed by atoms with Gasteiger partial charge in [0.2, 0.25) is 0 Å². The third-order valence-electron chi connectivity index (χ3n) is 6.37. The van der Waals surface area contributed by atoms with Crippen LogP contribution in [-0.4, -0.2) is 39.3 Å². The van der Waals surface area contributed by atoms with Gasteiger partial charge in [-0.05, 0) is 49.8 Å². The van der Waals surface area contributed by atoms with E-state index in [1.807, 2.05) is 48.6 Å². The second kappa shape index (κ2) is 11.5. The Bertz CT molecular complexity index is 776. The van der Waals surface area contributed by atoms with E-state index in [0.29, 0.717) is 32.1 Å². The molecule has 0 saturated heterocycles. The topological polar surface area (TPSA) is 96.2 Å². The highest BCUT2D eigenvalue weighted by Gasteiger charge is 2.42. The lowest BCUT2D eigenvalue weighted by atomic mass is 9.89. The normalized spacial score (nSPS) is 26.3. The second-order valence-electron chi connectivity index (χ2n) is 8.88. The summed E-state index contributed by atoms with van der Waals surface area (Å²) >= 11 is 0. The van der Waals surface area contributed by atoms with Crippen molar-refractivity contribution >= 4 is 5.97 Å². The Labute approximate surface area is 190 Å². The number of para-hydroxylation sites is 2. The molecule has 1 heterocycles. The average molecular weight is 445 g/mol. The van der Waals surface area contributed by atoms with E-state index in [2.05, 4.69) is 6.92 Å². The van der Waals surface area contributed by atoms with E-state index < -0.39 is 24.0 Å². The van der Waals surface area contributed by atoms with Crippen molar-refractivity contribution in [3.8, 4) is 11.5 Å². The maximum atomic E-state index is 10.6. The lowest BCUT2D eigenvalue weighted by Gasteiger charge is -2.26. The number of aliphatic hydroxyl groups excluding tert-OH is 2. The minimum absolute atomic E-state index is 0.103. The summed E-state index contributed by atoms with van der Waals surface area (Å²) in [5.74, 6) is -0.531. The van der Waals surface area contributed by atoms with E-state index >= 15 is 0 Å². The number of unbranched alkanes of at least 4 members (excludes halogenated alkanes) is 3. The fraction of sp³-hybridized carbons (Fsp3) is 0.577. The molecule has 0 radical (unpaired) electrons. The van der Waals surface area contributed by atoms with Crippen molar-refractivity contribution in [1.29, 1.82) is 0 Å². The molecule has 0 bridgehead atoms. The molecule has 1 saturated carbocycles. The molecule has 176 valence electrons. The number of aliphatic hydroxyl groups is 2. The van der Waals surface area contributed by atoms with Gasteiger partial charge in [-0.1, -0.05) is 50.1 Å². The van der Waals surface area contributed by atoms with Crippen LogP contribution in [0.15, 0.2) is 48.6 Å². The quantitative estimate of drug-likeness (QED) is 0.315. The molecule has 1 aromatic carbocycles. The summed E-state index contributed by atoms with van der Waals surface area (Å²) in [6, 6.07) is 7.64. The molecule has 3 rings (SSSR count). The number of benzene rings is 1. The van der Waals surface area contributed by atoms with Crippen LogP contribution in [0.5, 0.6) is 11.5 Å². The van der Waals surface area contributed by atoms with E-state index in [9.17, 15) is 15.0 Å². The zero-order valence-electron chi connectivity index (χ0n) is 18.9. The number of hydrogen-bond donors (Lipinski definition) is 3.